The molecular formula is C22H26N2. The first-order chi connectivity index (χ1) is 11.5. The SMILES string of the molecule is CN(C)C.NC(c1ccccc1)(c1ccccc1)c1ccccc1. The van der Waals surface area contributed by atoms with Crippen LogP contribution in [0.2, 0.25) is 0 Å². The summed E-state index contributed by atoms with van der Waals surface area (Å²) in [6, 6.07) is 30.7. The van der Waals surface area contributed by atoms with Gasteiger partial charge in [-0.1, -0.05) is 91.0 Å². The summed E-state index contributed by atoms with van der Waals surface area (Å²) in [5.41, 5.74) is 9.53. The second-order valence-electron chi connectivity index (χ2n) is 6.25. The second kappa shape index (κ2) is 8.44. The molecule has 0 aliphatic rings. The van der Waals surface area contributed by atoms with Gasteiger partial charge in [0, 0.05) is 0 Å². The number of nitrogens with zero attached hydrogens (tertiary/aromatic N) is 1. The van der Waals surface area contributed by atoms with Crippen LogP contribution in [0, 0.1) is 0 Å². The van der Waals surface area contributed by atoms with Crippen LogP contribution in [0.5, 0.6) is 0 Å². The highest BCUT2D eigenvalue weighted by molar-refractivity contribution is 5.48. The van der Waals surface area contributed by atoms with Gasteiger partial charge in [-0.25, -0.2) is 0 Å². The molecule has 24 heavy (non-hydrogen) atoms. The van der Waals surface area contributed by atoms with E-state index in [1.54, 1.807) is 0 Å². The molecule has 0 unspecified atom stereocenters. The van der Waals surface area contributed by atoms with E-state index in [1.165, 1.54) is 0 Å². The molecule has 0 saturated carbocycles. The third-order valence-corrected chi connectivity index (χ3v) is 3.69. The highest BCUT2D eigenvalue weighted by Gasteiger charge is 2.31. The fourth-order valence-electron chi connectivity index (χ4n) is 2.60. The Kier molecular flexibility index (Phi) is 6.30. The smallest absolute Gasteiger partial charge is 0.0922 e. The predicted octanol–water partition coefficient (Wildman–Crippen LogP) is 4.12. The van der Waals surface area contributed by atoms with Gasteiger partial charge >= 0.3 is 0 Å². The van der Waals surface area contributed by atoms with Gasteiger partial charge in [0.25, 0.3) is 0 Å². The zero-order valence-corrected chi connectivity index (χ0v) is 14.7. The van der Waals surface area contributed by atoms with Crippen molar-refractivity contribution < 1.29 is 0 Å². The Morgan fingerprint density at radius 3 is 0.958 bits per heavy atom. The molecule has 0 spiro atoms. The van der Waals surface area contributed by atoms with Crippen LogP contribution in [0.1, 0.15) is 16.7 Å². The Labute approximate surface area is 145 Å². The third-order valence-electron chi connectivity index (χ3n) is 3.69. The van der Waals surface area contributed by atoms with Gasteiger partial charge in [0.15, 0.2) is 0 Å². The quantitative estimate of drug-likeness (QED) is 0.736. The minimum absolute atomic E-state index is 0.621. The summed E-state index contributed by atoms with van der Waals surface area (Å²) in [4.78, 5) is 2.00. The highest BCUT2D eigenvalue weighted by atomic mass is 15.0. The van der Waals surface area contributed by atoms with Gasteiger partial charge in [-0.2, -0.15) is 0 Å². The van der Waals surface area contributed by atoms with Gasteiger partial charge in [-0.3, -0.25) is 0 Å². The van der Waals surface area contributed by atoms with E-state index in [0.717, 1.165) is 16.7 Å². The number of hydrogen-bond acceptors (Lipinski definition) is 2. The molecule has 0 amide bonds. The fourth-order valence-corrected chi connectivity index (χ4v) is 2.60. The van der Waals surface area contributed by atoms with E-state index in [4.69, 9.17) is 5.73 Å². The monoisotopic (exact) mass is 318 g/mol. The van der Waals surface area contributed by atoms with Crippen molar-refractivity contribution in [3.63, 3.8) is 0 Å². The van der Waals surface area contributed by atoms with Gasteiger partial charge in [-0.05, 0) is 37.8 Å². The summed E-state index contributed by atoms with van der Waals surface area (Å²) in [5, 5.41) is 0. The summed E-state index contributed by atoms with van der Waals surface area (Å²) in [6.45, 7) is 0. The lowest BCUT2D eigenvalue weighted by Gasteiger charge is -2.31. The Hall–Kier alpha value is -2.42. The molecule has 0 aromatic heterocycles. The molecule has 0 radical (unpaired) electrons. The van der Waals surface area contributed by atoms with E-state index in [9.17, 15) is 0 Å². The standard InChI is InChI=1S/C19H17N.C3H9N/c20-19(16-10-4-1-5-11-16,17-12-6-2-7-13-17)18-14-8-3-9-15-18;1-4(2)3/h1-15H,20H2;1-3H3. The summed E-state index contributed by atoms with van der Waals surface area (Å²) >= 11 is 0. The number of rotatable bonds is 3. The average molecular weight is 318 g/mol. The summed E-state index contributed by atoms with van der Waals surface area (Å²) < 4.78 is 0. The lowest BCUT2D eigenvalue weighted by molar-refractivity contribution is 0.505. The first-order valence-corrected chi connectivity index (χ1v) is 8.11. The third kappa shape index (κ3) is 4.31. The maximum Gasteiger partial charge on any atom is 0.0922 e. The van der Waals surface area contributed by atoms with E-state index in [-0.39, 0.29) is 0 Å². The predicted molar refractivity (Wildman–Crippen MR) is 103 cm³/mol. The van der Waals surface area contributed by atoms with Crippen LogP contribution < -0.4 is 5.73 Å². The number of nitrogens with two attached hydrogens (primary N) is 1. The van der Waals surface area contributed by atoms with Gasteiger partial charge in [0.2, 0.25) is 0 Å². The Bertz CT molecular complexity index is 607. The van der Waals surface area contributed by atoms with Crippen molar-refractivity contribution >= 4 is 0 Å². The van der Waals surface area contributed by atoms with Crippen LogP contribution >= 0.6 is 0 Å². The Morgan fingerprint density at radius 2 is 0.750 bits per heavy atom. The summed E-state index contributed by atoms with van der Waals surface area (Å²) in [7, 11) is 6.00. The largest absolute Gasteiger partial charge is 0.314 e. The van der Waals surface area contributed by atoms with E-state index < -0.39 is 5.54 Å². The molecule has 3 aromatic carbocycles. The van der Waals surface area contributed by atoms with Crippen LogP contribution in [-0.2, 0) is 5.54 Å². The van der Waals surface area contributed by atoms with Crippen molar-refractivity contribution in [1.29, 1.82) is 0 Å². The number of benzene rings is 3. The zero-order chi connectivity index (χ0) is 17.4. The topological polar surface area (TPSA) is 29.3 Å². The first-order valence-electron chi connectivity index (χ1n) is 8.11. The fraction of sp³-hybridized carbons (Fsp3) is 0.182. The van der Waals surface area contributed by atoms with Crippen LogP contribution in [0.3, 0.4) is 0 Å². The van der Waals surface area contributed by atoms with Crippen LogP contribution in [0.25, 0.3) is 0 Å². The van der Waals surface area contributed by atoms with Crippen molar-refractivity contribution in [3.8, 4) is 0 Å². The van der Waals surface area contributed by atoms with Crippen molar-refractivity contribution in [3.05, 3.63) is 108 Å². The van der Waals surface area contributed by atoms with Crippen molar-refractivity contribution in [2.45, 2.75) is 5.54 Å². The maximum absolute atomic E-state index is 6.86. The van der Waals surface area contributed by atoms with Crippen molar-refractivity contribution in [1.82, 2.24) is 4.90 Å². The molecule has 0 aliphatic carbocycles. The molecule has 2 heteroatoms. The highest BCUT2D eigenvalue weighted by Crippen LogP contribution is 2.33. The summed E-state index contributed by atoms with van der Waals surface area (Å²) in [6.07, 6.45) is 0. The Balaban J connectivity index is 0.000000471. The van der Waals surface area contributed by atoms with E-state index in [2.05, 4.69) is 36.4 Å². The number of hydrogen-bond donors (Lipinski definition) is 1. The molecule has 0 saturated heterocycles. The van der Waals surface area contributed by atoms with Crippen LogP contribution in [-0.4, -0.2) is 26.0 Å². The molecule has 0 heterocycles. The minimum Gasteiger partial charge on any atom is -0.314 e. The van der Waals surface area contributed by atoms with Crippen molar-refractivity contribution in [2.75, 3.05) is 21.1 Å². The molecular weight excluding hydrogens is 292 g/mol. The normalized spacial score (nSPS) is 10.9. The molecule has 2 N–H and O–H groups in total. The molecule has 124 valence electrons. The van der Waals surface area contributed by atoms with Gasteiger partial charge in [-0.15, -0.1) is 0 Å². The maximum atomic E-state index is 6.86. The van der Waals surface area contributed by atoms with Crippen LogP contribution in [0.4, 0.5) is 0 Å². The average Bonchev–Trinajstić information content (AvgIpc) is 2.63. The zero-order valence-electron chi connectivity index (χ0n) is 14.7. The second-order valence-corrected chi connectivity index (χ2v) is 6.25. The van der Waals surface area contributed by atoms with Crippen LogP contribution in [0.15, 0.2) is 91.0 Å². The van der Waals surface area contributed by atoms with Crippen molar-refractivity contribution in [2.24, 2.45) is 5.73 Å². The molecule has 3 aromatic rings. The van der Waals surface area contributed by atoms with Gasteiger partial charge < -0.3 is 10.6 Å². The van der Waals surface area contributed by atoms with Gasteiger partial charge in [0.1, 0.15) is 0 Å². The van der Waals surface area contributed by atoms with E-state index >= 15 is 0 Å². The molecule has 2 nitrogen and oxygen atoms in total. The molecule has 0 fully saturated rings. The minimum atomic E-state index is -0.621. The van der Waals surface area contributed by atoms with Gasteiger partial charge in [0.05, 0.1) is 5.54 Å². The lowest BCUT2D eigenvalue weighted by atomic mass is 9.78. The molecule has 3 rings (SSSR count). The summed E-state index contributed by atoms with van der Waals surface area (Å²) in [5.74, 6) is 0. The molecule has 0 aliphatic heterocycles. The van der Waals surface area contributed by atoms with E-state index in [0.29, 0.717) is 0 Å². The lowest BCUT2D eigenvalue weighted by Crippen LogP contribution is -2.39. The first kappa shape index (κ1) is 17.9. The molecule has 0 atom stereocenters. The molecule has 0 bridgehead atoms. The van der Waals surface area contributed by atoms with E-state index in [1.807, 2.05) is 80.6 Å². The Morgan fingerprint density at radius 1 is 0.542 bits per heavy atom.